The van der Waals surface area contributed by atoms with Crippen molar-refractivity contribution in [1.29, 1.82) is 0 Å². The molecule has 0 aliphatic rings. The summed E-state index contributed by atoms with van der Waals surface area (Å²) in [6.45, 7) is 4.85. The number of anilines is 1. The van der Waals surface area contributed by atoms with Crippen LogP contribution in [0.3, 0.4) is 0 Å². The molecule has 3 aromatic heterocycles. The maximum atomic E-state index is 5.28. The van der Waals surface area contributed by atoms with Crippen LogP contribution in [0.5, 0.6) is 5.75 Å². The zero-order valence-electron chi connectivity index (χ0n) is 16.9. The average Bonchev–Trinajstić information content (AvgIpc) is 3.25. The molecule has 31 heavy (non-hydrogen) atoms. The zero-order valence-corrected chi connectivity index (χ0v) is 17.8. The monoisotopic (exact) mass is 431 g/mol. The average molecular weight is 432 g/mol. The van der Waals surface area contributed by atoms with Gasteiger partial charge in [-0.15, -0.1) is 6.58 Å². The quantitative estimate of drug-likeness (QED) is 0.340. The Bertz CT molecular complexity index is 1240. The lowest BCUT2D eigenvalue weighted by molar-refractivity contribution is 0.414. The fraction of sp³-hybridized carbons (Fsp3) is 0.136. The molecule has 156 valence electrons. The van der Waals surface area contributed by atoms with Gasteiger partial charge in [0, 0.05) is 18.3 Å². The molecule has 8 nitrogen and oxygen atoms in total. The zero-order chi connectivity index (χ0) is 21.6. The number of rotatable bonds is 7. The molecule has 4 rings (SSSR count). The minimum Gasteiger partial charge on any atom is -0.497 e. The van der Waals surface area contributed by atoms with Crippen molar-refractivity contribution in [3.63, 3.8) is 0 Å². The van der Waals surface area contributed by atoms with Crippen LogP contribution in [0.25, 0.3) is 22.4 Å². The van der Waals surface area contributed by atoms with E-state index in [2.05, 4.69) is 37.3 Å². The number of aromatic nitrogens is 5. The van der Waals surface area contributed by atoms with Crippen molar-refractivity contribution in [2.24, 2.45) is 0 Å². The lowest BCUT2D eigenvalue weighted by Crippen LogP contribution is -2.28. The standard InChI is InChI=1S/C22H21N7OS/c1-3-9-23-22(31)28-20-8-7-18-21(27-20)26-19(12-24-18)16-11-25-29(14-16)13-15-5-4-6-17(10-15)30-2/h3-8,10-12,14H,1,9,13H2,2H3,(H2,23,26,27,28,31). The molecule has 0 unspecified atom stereocenters. The molecule has 0 bridgehead atoms. The summed E-state index contributed by atoms with van der Waals surface area (Å²) in [7, 11) is 1.66. The van der Waals surface area contributed by atoms with E-state index in [0.717, 1.165) is 16.9 Å². The summed E-state index contributed by atoms with van der Waals surface area (Å²) in [6.07, 6.45) is 7.16. The molecule has 0 aliphatic heterocycles. The number of ether oxygens (including phenoxy) is 1. The molecular weight excluding hydrogens is 410 g/mol. The molecule has 0 radical (unpaired) electrons. The largest absolute Gasteiger partial charge is 0.497 e. The highest BCUT2D eigenvalue weighted by Gasteiger charge is 2.09. The molecule has 0 atom stereocenters. The van der Waals surface area contributed by atoms with Crippen LogP contribution < -0.4 is 15.4 Å². The molecule has 1 aromatic carbocycles. The molecule has 0 fully saturated rings. The van der Waals surface area contributed by atoms with E-state index in [1.807, 2.05) is 47.3 Å². The van der Waals surface area contributed by atoms with E-state index in [-0.39, 0.29) is 0 Å². The topological polar surface area (TPSA) is 89.8 Å². The molecule has 0 saturated heterocycles. The van der Waals surface area contributed by atoms with Crippen molar-refractivity contribution in [3.05, 3.63) is 73.2 Å². The normalized spacial score (nSPS) is 10.6. The summed E-state index contributed by atoms with van der Waals surface area (Å²) in [5.74, 6) is 1.41. The molecule has 4 aromatic rings. The van der Waals surface area contributed by atoms with Crippen molar-refractivity contribution in [3.8, 4) is 17.0 Å². The van der Waals surface area contributed by atoms with Crippen molar-refractivity contribution in [2.75, 3.05) is 19.0 Å². The number of pyridine rings is 1. The van der Waals surface area contributed by atoms with Gasteiger partial charge in [0.15, 0.2) is 10.8 Å². The minimum absolute atomic E-state index is 0.467. The highest BCUT2D eigenvalue weighted by molar-refractivity contribution is 7.80. The number of thiocarbonyl (C=S) groups is 1. The predicted molar refractivity (Wildman–Crippen MR) is 125 cm³/mol. The molecule has 2 N–H and O–H groups in total. The molecule has 0 spiro atoms. The number of benzene rings is 1. The summed E-state index contributed by atoms with van der Waals surface area (Å²) in [4.78, 5) is 13.7. The molecule has 0 aliphatic carbocycles. The molecule has 9 heteroatoms. The number of nitrogens with one attached hydrogen (secondary N) is 2. The van der Waals surface area contributed by atoms with Crippen molar-refractivity contribution < 1.29 is 4.74 Å². The van der Waals surface area contributed by atoms with Crippen molar-refractivity contribution in [2.45, 2.75) is 6.54 Å². The lowest BCUT2D eigenvalue weighted by Gasteiger charge is -2.08. The molecule has 3 heterocycles. The smallest absolute Gasteiger partial charge is 0.180 e. The maximum absolute atomic E-state index is 5.28. The summed E-state index contributed by atoms with van der Waals surface area (Å²) in [6, 6.07) is 11.6. The second kappa shape index (κ2) is 9.31. The van der Waals surface area contributed by atoms with Gasteiger partial charge < -0.3 is 15.4 Å². The van der Waals surface area contributed by atoms with E-state index < -0.39 is 0 Å². The summed E-state index contributed by atoms with van der Waals surface area (Å²) >= 11 is 5.23. The van der Waals surface area contributed by atoms with Crippen LogP contribution in [0, 0.1) is 0 Å². The van der Waals surface area contributed by atoms with Crippen LogP contribution in [0.2, 0.25) is 0 Å². The van der Waals surface area contributed by atoms with E-state index >= 15 is 0 Å². The van der Waals surface area contributed by atoms with Crippen LogP contribution in [0.4, 0.5) is 5.82 Å². The van der Waals surface area contributed by atoms with Crippen LogP contribution >= 0.6 is 12.2 Å². The number of hydrogen-bond acceptors (Lipinski definition) is 6. The SMILES string of the molecule is C=CCNC(=S)Nc1ccc2ncc(-c3cnn(Cc4cccc(OC)c4)c3)nc2n1. The van der Waals surface area contributed by atoms with Gasteiger partial charge in [-0.3, -0.25) is 9.67 Å². The van der Waals surface area contributed by atoms with E-state index in [1.165, 1.54) is 0 Å². The van der Waals surface area contributed by atoms with Crippen LogP contribution in [0.15, 0.2) is 67.6 Å². The number of hydrogen-bond donors (Lipinski definition) is 2. The van der Waals surface area contributed by atoms with Crippen LogP contribution in [0.1, 0.15) is 5.56 Å². The summed E-state index contributed by atoms with van der Waals surface area (Å²) in [5, 5.41) is 11.0. The second-order valence-electron chi connectivity index (χ2n) is 6.70. The van der Waals surface area contributed by atoms with Crippen LogP contribution in [-0.2, 0) is 6.54 Å². The number of fused-ring (bicyclic) bond motifs is 1. The molecular formula is C22H21N7OS. The third kappa shape index (κ3) is 5.01. The summed E-state index contributed by atoms with van der Waals surface area (Å²) in [5.41, 5.74) is 3.87. The lowest BCUT2D eigenvalue weighted by atomic mass is 10.2. The Hall–Kier alpha value is -3.85. The first-order chi connectivity index (χ1) is 15.1. The van der Waals surface area contributed by atoms with Gasteiger partial charge in [0.2, 0.25) is 0 Å². The Morgan fingerprint density at radius 3 is 2.97 bits per heavy atom. The third-order valence-corrected chi connectivity index (χ3v) is 4.71. The van der Waals surface area contributed by atoms with Crippen LogP contribution in [-0.4, -0.2) is 43.5 Å². The van der Waals surface area contributed by atoms with Crippen molar-refractivity contribution in [1.82, 2.24) is 30.0 Å². The second-order valence-corrected chi connectivity index (χ2v) is 7.10. The van der Waals surface area contributed by atoms with Gasteiger partial charge in [0.1, 0.15) is 17.1 Å². The molecule has 0 saturated carbocycles. The summed E-state index contributed by atoms with van der Waals surface area (Å²) < 4.78 is 7.14. The van der Waals surface area contributed by atoms with E-state index in [9.17, 15) is 0 Å². The van der Waals surface area contributed by atoms with E-state index in [0.29, 0.717) is 40.9 Å². The number of methoxy groups -OCH3 is 1. The van der Waals surface area contributed by atoms with Gasteiger partial charge in [0.05, 0.1) is 31.7 Å². The maximum Gasteiger partial charge on any atom is 0.180 e. The minimum atomic E-state index is 0.467. The van der Waals surface area contributed by atoms with Gasteiger partial charge >= 0.3 is 0 Å². The number of nitrogens with zero attached hydrogens (tertiary/aromatic N) is 5. The van der Waals surface area contributed by atoms with Gasteiger partial charge in [0.25, 0.3) is 0 Å². The van der Waals surface area contributed by atoms with E-state index in [4.69, 9.17) is 17.0 Å². The van der Waals surface area contributed by atoms with Gasteiger partial charge in [-0.05, 0) is 42.0 Å². The highest BCUT2D eigenvalue weighted by atomic mass is 32.1. The Labute approximate surface area is 185 Å². The Morgan fingerprint density at radius 1 is 1.23 bits per heavy atom. The Kier molecular flexibility index (Phi) is 6.13. The fourth-order valence-corrected chi connectivity index (χ4v) is 3.16. The third-order valence-electron chi connectivity index (χ3n) is 4.46. The first-order valence-electron chi connectivity index (χ1n) is 9.60. The van der Waals surface area contributed by atoms with E-state index in [1.54, 1.807) is 25.6 Å². The van der Waals surface area contributed by atoms with Gasteiger partial charge in [-0.25, -0.2) is 9.97 Å². The Balaban J connectivity index is 1.53. The van der Waals surface area contributed by atoms with Gasteiger partial charge in [-0.1, -0.05) is 18.2 Å². The first kappa shape index (κ1) is 20.4. The highest BCUT2D eigenvalue weighted by Crippen LogP contribution is 2.20. The van der Waals surface area contributed by atoms with Crippen molar-refractivity contribution >= 4 is 34.3 Å². The predicted octanol–water partition coefficient (Wildman–Crippen LogP) is 3.42. The fourth-order valence-electron chi connectivity index (χ4n) is 2.97. The first-order valence-corrected chi connectivity index (χ1v) is 10.0. The molecule has 0 amide bonds. The Morgan fingerprint density at radius 2 is 2.13 bits per heavy atom. The van der Waals surface area contributed by atoms with Gasteiger partial charge in [-0.2, -0.15) is 5.10 Å².